The zero-order chi connectivity index (χ0) is 13.4. The van der Waals surface area contributed by atoms with Crippen molar-refractivity contribution in [1.29, 1.82) is 0 Å². The molecule has 1 rings (SSSR count). The molecule has 1 aliphatic heterocycles. The Kier molecular flexibility index (Phi) is 7.27. The van der Waals surface area contributed by atoms with Gasteiger partial charge in [0.1, 0.15) is 12.7 Å². The molecule has 1 fully saturated rings. The van der Waals surface area contributed by atoms with Crippen LogP contribution in [0.1, 0.15) is 20.8 Å². The van der Waals surface area contributed by atoms with Gasteiger partial charge >= 0.3 is 0 Å². The molecule has 1 aliphatic rings. The summed E-state index contributed by atoms with van der Waals surface area (Å²) in [6.07, 6.45) is 1.50. The molecule has 4 unspecified atom stereocenters. The molecule has 1 heterocycles. The van der Waals surface area contributed by atoms with Crippen LogP contribution in [0.4, 0.5) is 0 Å². The Morgan fingerprint density at radius 2 is 1.67 bits per heavy atom. The van der Waals surface area contributed by atoms with Crippen LogP contribution in [0.25, 0.3) is 0 Å². The summed E-state index contributed by atoms with van der Waals surface area (Å²) in [6, 6.07) is 0. The summed E-state index contributed by atoms with van der Waals surface area (Å²) >= 11 is 0. The fourth-order valence-corrected chi connectivity index (χ4v) is 1.28. The SMILES string of the molecule is C=COC(C)COC(C)COC(C)COC1CO1. The Labute approximate surface area is 109 Å². The Balaban J connectivity index is 1.96. The molecule has 0 radical (unpaired) electrons. The van der Waals surface area contributed by atoms with Gasteiger partial charge < -0.3 is 23.7 Å². The highest BCUT2D eigenvalue weighted by Gasteiger charge is 2.24. The molecule has 0 aliphatic carbocycles. The van der Waals surface area contributed by atoms with Gasteiger partial charge in [-0.2, -0.15) is 0 Å². The second kappa shape index (κ2) is 8.48. The van der Waals surface area contributed by atoms with Gasteiger partial charge in [0.05, 0.1) is 38.3 Å². The third-order valence-corrected chi connectivity index (χ3v) is 2.38. The molecule has 0 aromatic rings. The molecule has 18 heavy (non-hydrogen) atoms. The van der Waals surface area contributed by atoms with Gasteiger partial charge in [-0.15, -0.1) is 0 Å². The highest BCUT2D eigenvalue weighted by Crippen LogP contribution is 2.11. The average molecular weight is 260 g/mol. The first-order valence-corrected chi connectivity index (χ1v) is 6.34. The van der Waals surface area contributed by atoms with Gasteiger partial charge in [-0.05, 0) is 20.8 Å². The topological polar surface area (TPSA) is 49.5 Å². The van der Waals surface area contributed by atoms with Crippen molar-refractivity contribution >= 4 is 0 Å². The van der Waals surface area contributed by atoms with Gasteiger partial charge in [0.15, 0.2) is 6.29 Å². The summed E-state index contributed by atoms with van der Waals surface area (Å²) in [7, 11) is 0. The van der Waals surface area contributed by atoms with Crippen LogP contribution in [0.5, 0.6) is 0 Å². The number of ether oxygens (including phenoxy) is 5. The zero-order valence-corrected chi connectivity index (χ0v) is 11.5. The third kappa shape index (κ3) is 7.66. The summed E-state index contributed by atoms with van der Waals surface area (Å²) in [4.78, 5) is 0. The van der Waals surface area contributed by atoms with Gasteiger partial charge in [-0.1, -0.05) is 6.58 Å². The Hall–Kier alpha value is -0.620. The van der Waals surface area contributed by atoms with Crippen molar-refractivity contribution in [1.82, 2.24) is 0 Å². The van der Waals surface area contributed by atoms with Crippen LogP contribution < -0.4 is 0 Å². The fraction of sp³-hybridized carbons (Fsp3) is 0.846. The van der Waals surface area contributed by atoms with E-state index in [0.717, 1.165) is 0 Å². The Bertz CT molecular complexity index is 229. The first-order valence-electron chi connectivity index (χ1n) is 6.34. The first-order chi connectivity index (χ1) is 8.61. The molecular formula is C13H24O5. The van der Waals surface area contributed by atoms with Crippen molar-refractivity contribution in [2.24, 2.45) is 0 Å². The van der Waals surface area contributed by atoms with Crippen molar-refractivity contribution in [3.63, 3.8) is 0 Å². The average Bonchev–Trinajstić information content (AvgIpc) is 3.15. The molecule has 0 spiro atoms. The van der Waals surface area contributed by atoms with Crippen LogP contribution in [0.15, 0.2) is 12.8 Å². The number of rotatable bonds is 11. The molecule has 5 nitrogen and oxygen atoms in total. The molecule has 0 N–H and O–H groups in total. The molecule has 106 valence electrons. The number of hydrogen-bond donors (Lipinski definition) is 0. The zero-order valence-electron chi connectivity index (χ0n) is 11.5. The standard InChI is InChI=1S/C13H24O5/c1-5-14-10(2)6-15-11(3)7-16-12(4)8-17-13-9-18-13/h5,10-13H,1,6-9H2,2-4H3. The van der Waals surface area contributed by atoms with Gasteiger partial charge in [0.25, 0.3) is 0 Å². The predicted molar refractivity (Wildman–Crippen MR) is 67.3 cm³/mol. The lowest BCUT2D eigenvalue weighted by Gasteiger charge is -2.19. The molecule has 4 atom stereocenters. The maximum Gasteiger partial charge on any atom is 0.181 e. The summed E-state index contributed by atoms with van der Waals surface area (Å²) in [5, 5.41) is 0. The quantitative estimate of drug-likeness (QED) is 0.418. The molecule has 0 bridgehead atoms. The highest BCUT2D eigenvalue weighted by atomic mass is 16.8. The largest absolute Gasteiger partial charge is 0.497 e. The van der Waals surface area contributed by atoms with E-state index < -0.39 is 0 Å². The summed E-state index contributed by atoms with van der Waals surface area (Å²) in [5.74, 6) is 0. The summed E-state index contributed by atoms with van der Waals surface area (Å²) in [6.45, 7) is 11.7. The minimum Gasteiger partial charge on any atom is -0.497 e. The highest BCUT2D eigenvalue weighted by molar-refractivity contribution is 4.60. The molecule has 0 amide bonds. The van der Waals surface area contributed by atoms with Crippen molar-refractivity contribution in [3.05, 3.63) is 12.8 Å². The Morgan fingerprint density at radius 3 is 2.22 bits per heavy atom. The fourth-order valence-electron chi connectivity index (χ4n) is 1.28. The van der Waals surface area contributed by atoms with E-state index >= 15 is 0 Å². The van der Waals surface area contributed by atoms with Gasteiger partial charge in [0, 0.05) is 0 Å². The van der Waals surface area contributed by atoms with Gasteiger partial charge in [-0.3, -0.25) is 0 Å². The van der Waals surface area contributed by atoms with E-state index in [2.05, 4.69) is 6.58 Å². The van der Waals surface area contributed by atoms with Crippen LogP contribution in [0, 0.1) is 0 Å². The van der Waals surface area contributed by atoms with E-state index in [1.54, 1.807) is 0 Å². The first kappa shape index (κ1) is 15.4. The summed E-state index contributed by atoms with van der Waals surface area (Å²) < 4.78 is 26.6. The monoisotopic (exact) mass is 260 g/mol. The minimum atomic E-state index is -0.0124. The van der Waals surface area contributed by atoms with E-state index in [9.17, 15) is 0 Å². The van der Waals surface area contributed by atoms with Crippen LogP contribution >= 0.6 is 0 Å². The predicted octanol–water partition coefficient (Wildman–Crippen LogP) is 1.72. The number of epoxide rings is 1. The third-order valence-electron chi connectivity index (χ3n) is 2.38. The molecule has 0 saturated carbocycles. The molecule has 5 heteroatoms. The molecule has 0 aromatic heterocycles. The molecule has 0 aromatic carbocycles. The van der Waals surface area contributed by atoms with E-state index in [-0.39, 0.29) is 24.6 Å². The lowest BCUT2D eigenvalue weighted by molar-refractivity contribution is -0.0798. The van der Waals surface area contributed by atoms with Crippen LogP contribution in [-0.4, -0.2) is 51.0 Å². The van der Waals surface area contributed by atoms with E-state index in [1.807, 2.05) is 20.8 Å². The normalized spacial score (nSPS) is 23.2. The maximum atomic E-state index is 5.61. The van der Waals surface area contributed by atoms with Gasteiger partial charge in [-0.25, -0.2) is 0 Å². The maximum absolute atomic E-state index is 5.61. The minimum absolute atomic E-state index is 0.0118. The number of hydrogen-bond acceptors (Lipinski definition) is 5. The van der Waals surface area contributed by atoms with Gasteiger partial charge in [0.2, 0.25) is 0 Å². The second-order valence-electron chi connectivity index (χ2n) is 4.50. The summed E-state index contributed by atoms with van der Waals surface area (Å²) in [5.41, 5.74) is 0. The van der Waals surface area contributed by atoms with Crippen molar-refractivity contribution in [2.45, 2.75) is 45.4 Å². The van der Waals surface area contributed by atoms with E-state index in [0.29, 0.717) is 26.4 Å². The van der Waals surface area contributed by atoms with E-state index in [1.165, 1.54) is 6.26 Å². The Morgan fingerprint density at radius 1 is 1.11 bits per heavy atom. The lowest BCUT2D eigenvalue weighted by atomic mass is 10.4. The van der Waals surface area contributed by atoms with E-state index in [4.69, 9.17) is 23.7 Å². The molecular weight excluding hydrogens is 236 g/mol. The van der Waals surface area contributed by atoms with Crippen LogP contribution in [-0.2, 0) is 23.7 Å². The van der Waals surface area contributed by atoms with Crippen LogP contribution in [0.3, 0.4) is 0 Å². The van der Waals surface area contributed by atoms with Crippen LogP contribution in [0.2, 0.25) is 0 Å². The molecule has 1 saturated heterocycles. The van der Waals surface area contributed by atoms with Crippen molar-refractivity contribution < 1.29 is 23.7 Å². The van der Waals surface area contributed by atoms with Crippen molar-refractivity contribution in [2.75, 3.05) is 26.4 Å². The second-order valence-corrected chi connectivity index (χ2v) is 4.50. The lowest BCUT2D eigenvalue weighted by Crippen LogP contribution is -2.26. The smallest absolute Gasteiger partial charge is 0.181 e. The van der Waals surface area contributed by atoms with Crippen molar-refractivity contribution in [3.8, 4) is 0 Å².